The number of ketones is 1. The smallest absolute Gasteiger partial charge is 0.201 e. The van der Waals surface area contributed by atoms with E-state index < -0.39 is 34.9 Å². The number of unbranched alkanes of at least 4 members (excludes halogenated alkanes) is 6. The maximum absolute atomic E-state index is 14.7. The fourth-order valence-electron chi connectivity index (χ4n) is 5.68. The molecule has 0 aliphatic heterocycles. The summed E-state index contributed by atoms with van der Waals surface area (Å²) in [4.78, 5) is 12.3. The summed E-state index contributed by atoms with van der Waals surface area (Å²) >= 11 is 0. The molecule has 0 aliphatic rings. The first-order valence-corrected chi connectivity index (χ1v) is 17.7. The zero-order valence-electron chi connectivity index (χ0n) is 29.5. The third-order valence-electron chi connectivity index (χ3n) is 8.39. The number of benzene rings is 4. The van der Waals surface area contributed by atoms with E-state index in [-0.39, 0.29) is 64.2 Å². The van der Waals surface area contributed by atoms with Crippen LogP contribution >= 0.6 is 0 Å². The van der Waals surface area contributed by atoms with Crippen LogP contribution in [0.1, 0.15) is 78.1 Å². The third-order valence-corrected chi connectivity index (χ3v) is 8.39. The van der Waals surface area contributed by atoms with Gasteiger partial charge in [0.05, 0.1) is 26.4 Å². The average Bonchev–Trinajstić information content (AvgIpc) is 3.12. The van der Waals surface area contributed by atoms with Gasteiger partial charge in [-0.3, -0.25) is 4.79 Å². The largest absolute Gasteiger partial charge is 0.493 e. The van der Waals surface area contributed by atoms with Crippen molar-refractivity contribution in [2.45, 2.75) is 78.1 Å². The fourth-order valence-corrected chi connectivity index (χ4v) is 5.68. The predicted octanol–water partition coefficient (Wildman–Crippen LogP) is 11.6. The van der Waals surface area contributed by atoms with Gasteiger partial charge in [-0.15, -0.1) is 0 Å². The number of carbonyl (C=O) groups is 1. The van der Waals surface area contributed by atoms with Crippen molar-refractivity contribution in [3.8, 4) is 45.3 Å². The molecule has 0 amide bonds. The van der Waals surface area contributed by atoms with E-state index in [2.05, 4.69) is 0 Å². The van der Waals surface area contributed by atoms with E-state index in [1.807, 2.05) is 0 Å². The zero-order chi connectivity index (χ0) is 37.5. The molecule has 0 N–H and O–H groups in total. The van der Waals surface area contributed by atoms with Crippen molar-refractivity contribution in [1.29, 1.82) is 0 Å². The van der Waals surface area contributed by atoms with Crippen LogP contribution in [0.5, 0.6) is 23.0 Å². The van der Waals surface area contributed by atoms with Gasteiger partial charge in [-0.25, -0.2) is 17.6 Å². The highest BCUT2D eigenvalue weighted by Gasteiger charge is 2.20. The molecular weight excluding hydrogens is 686 g/mol. The number of carbonyl (C=O) groups excluding carboxylic acids is 1. The molecule has 4 aromatic rings. The number of hydrogen-bond acceptors (Lipinski definition) is 5. The molecule has 11 heteroatoms. The summed E-state index contributed by atoms with van der Waals surface area (Å²) in [5.41, 5.74) is -0.566. The minimum atomic E-state index is -1.18. The lowest BCUT2D eigenvalue weighted by atomic mass is 10.0. The highest BCUT2D eigenvalue weighted by Crippen LogP contribution is 2.34. The number of rotatable bonds is 22. The normalized spacial score (nSPS) is 11.1. The van der Waals surface area contributed by atoms with Crippen molar-refractivity contribution < 1.29 is 50.1 Å². The molecule has 0 fully saturated rings. The molecule has 0 aromatic heterocycles. The van der Waals surface area contributed by atoms with Crippen LogP contribution < -0.4 is 18.9 Å². The summed E-state index contributed by atoms with van der Waals surface area (Å²) < 4.78 is 108. The zero-order valence-corrected chi connectivity index (χ0v) is 29.5. The highest BCUT2D eigenvalue weighted by molar-refractivity contribution is 5.78. The molecular formula is C41H44F6O5. The van der Waals surface area contributed by atoms with E-state index in [0.29, 0.717) is 26.1 Å². The van der Waals surface area contributed by atoms with Gasteiger partial charge in [0.25, 0.3) is 0 Å². The monoisotopic (exact) mass is 730 g/mol. The van der Waals surface area contributed by atoms with Gasteiger partial charge in [-0.2, -0.15) is 8.78 Å². The molecule has 0 saturated carbocycles. The van der Waals surface area contributed by atoms with Crippen molar-refractivity contribution in [3.05, 3.63) is 95.6 Å². The molecule has 0 unspecified atom stereocenters. The maximum atomic E-state index is 14.7. The number of halogens is 6. The van der Waals surface area contributed by atoms with E-state index in [1.165, 1.54) is 48.5 Å². The first kappa shape index (κ1) is 40.1. The van der Waals surface area contributed by atoms with E-state index in [4.69, 9.17) is 18.9 Å². The Hall–Kier alpha value is -4.67. The molecule has 0 aliphatic carbocycles. The van der Waals surface area contributed by atoms with Crippen LogP contribution in [0.15, 0.2) is 60.7 Å². The second-order valence-corrected chi connectivity index (χ2v) is 12.2. The van der Waals surface area contributed by atoms with Gasteiger partial charge in [0.15, 0.2) is 23.1 Å². The summed E-state index contributed by atoms with van der Waals surface area (Å²) in [5, 5.41) is 0. The summed E-state index contributed by atoms with van der Waals surface area (Å²) in [6, 6.07) is 13.1. The van der Waals surface area contributed by atoms with E-state index >= 15 is 0 Å². The Labute approximate surface area is 300 Å². The Morgan fingerprint density at radius 2 is 0.846 bits per heavy atom. The lowest BCUT2D eigenvalue weighted by Gasteiger charge is -2.11. The molecule has 280 valence electrons. The van der Waals surface area contributed by atoms with Crippen LogP contribution in [0.2, 0.25) is 0 Å². The number of ether oxygens (including phenoxy) is 4. The minimum Gasteiger partial charge on any atom is -0.493 e. The maximum Gasteiger partial charge on any atom is 0.201 e. The standard InChI is InChI=1S/C41H44F6O5/c1-3-49-36-21-19-32(38(44)40(36)46)30-17-15-28(25-34(30)42)51-23-11-7-5-9-13-27(48)14-10-6-8-12-24-52-29-16-18-31(35(43)26-29)33-20-22-37(50-4-2)41(47)39(33)45/h15-22,25-26H,3-14,23-24H2,1-2H3. The third kappa shape index (κ3) is 11.2. The lowest BCUT2D eigenvalue weighted by Crippen LogP contribution is -2.01. The van der Waals surface area contributed by atoms with Crippen LogP contribution in [0, 0.1) is 34.9 Å². The predicted molar refractivity (Wildman–Crippen MR) is 188 cm³/mol. The lowest BCUT2D eigenvalue weighted by molar-refractivity contribution is -0.119. The van der Waals surface area contributed by atoms with Crippen LogP contribution in [-0.2, 0) is 4.79 Å². The summed E-state index contributed by atoms with van der Waals surface area (Å²) in [5.74, 6) is -5.81. The van der Waals surface area contributed by atoms with Crippen molar-refractivity contribution in [2.75, 3.05) is 26.4 Å². The molecule has 4 rings (SSSR count). The van der Waals surface area contributed by atoms with Gasteiger partial charge < -0.3 is 18.9 Å². The quantitative estimate of drug-likeness (QED) is 0.0595. The van der Waals surface area contributed by atoms with Crippen LogP contribution in [0.3, 0.4) is 0 Å². The summed E-state index contributed by atoms with van der Waals surface area (Å²) in [7, 11) is 0. The van der Waals surface area contributed by atoms with Gasteiger partial charge in [0.2, 0.25) is 11.6 Å². The van der Waals surface area contributed by atoms with Crippen molar-refractivity contribution in [2.24, 2.45) is 0 Å². The molecule has 0 heterocycles. The molecule has 0 saturated heterocycles. The van der Waals surface area contributed by atoms with Crippen molar-refractivity contribution in [1.82, 2.24) is 0 Å². The second-order valence-electron chi connectivity index (χ2n) is 12.2. The number of hydrogen-bond donors (Lipinski definition) is 0. The minimum absolute atomic E-state index is 0.0799. The second kappa shape index (κ2) is 20.4. The van der Waals surface area contributed by atoms with Gasteiger partial charge >= 0.3 is 0 Å². The highest BCUT2D eigenvalue weighted by atomic mass is 19.2. The molecule has 0 atom stereocenters. The van der Waals surface area contributed by atoms with Crippen molar-refractivity contribution >= 4 is 5.78 Å². The Bertz CT molecular complexity index is 1650. The number of Topliss-reactive ketones (excluding diaryl/α,β-unsaturated/α-hetero) is 1. The topological polar surface area (TPSA) is 54.0 Å². The SMILES string of the molecule is CCOc1ccc(-c2ccc(OCCCCCCC(=O)CCCCCCOc3ccc(-c4ccc(OCC)c(F)c4F)c(F)c3)cc2F)c(F)c1F. The Kier molecular flexibility index (Phi) is 15.7. The van der Waals surface area contributed by atoms with Crippen LogP contribution in [0.25, 0.3) is 22.3 Å². The first-order chi connectivity index (χ1) is 25.1. The van der Waals surface area contributed by atoms with Crippen molar-refractivity contribution in [3.63, 3.8) is 0 Å². The Balaban J connectivity index is 1.04. The van der Waals surface area contributed by atoms with Gasteiger partial charge in [-0.05, 0) is 88.1 Å². The molecule has 0 bridgehead atoms. The van der Waals surface area contributed by atoms with Crippen LogP contribution in [-0.4, -0.2) is 32.2 Å². The molecule has 5 nitrogen and oxygen atoms in total. The molecule has 4 aromatic carbocycles. The van der Waals surface area contributed by atoms with E-state index in [9.17, 15) is 31.1 Å². The summed E-state index contributed by atoms with van der Waals surface area (Å²) in [6.45, 7) is 4.36. The Morgan fingerprint density at radius 1 is 0.462 bits per heavy atom. The van der Waals surface area contributed by atoms with E-state index in [1.54, 1.807) is 13.8 Å². The molecule has 52 heavy (non-hydrogen) atoms. The molecule has 0 radical (unpaired) electrons. The van der Waals surface area contributed by atoms with E-state index in [0.717, 1.165) is 63.5 Å². The van der Waals surface area contributed by atoms with Gasteiger partial charge in [0.1, 0.15) is 28.9 Å². The van der Waals surface area contributed by atoms with Gasteiger partial charge in [-0.1, -0.05) is 25.7 Å². The van der Waals surface area contributed by atoms with Gasteiger partial charge in [0, 0.05) is 47.2 Å². The van der Waals surface area contributed by atoms with Crippen LogP contribution in [0.4, 0.5) is 26.3 Å². The molecule has 0 spiro atoms. The fraction of sp³-hybridized carbons (Fsp3) is 0.390. The first-order valence-electron chi connectivity index (χ1n) is 17.7. The average molecular weight is 731 g/mol. The summed E-state index contributed by atoms with van der Waals surface area (Å²) in [6.07, 6.45) is 7.40. The Morgan fingerprint density at radius 3 is 1.23 bits per heavy atom.